The van der Waals surface area contributed by atoms with E-state index in [2.05, 4.69) is 65.3 Å². The molecule has 0 fully saturated rings. The molecule has 132 valence electrons. The molecule has 0 aromatic carbocycles. The van der Waals surface area contributed by atoms with Crippen LogP contribution in [0.1, 0.15) is 52.8 Å². The lowest BCUT2D eigenvalue weighted by Gasteiger charge is -2.30. The maximum atomic E-state index is 4.95. The van der Waals surface area contributed by atoms with Gasteiger partial charge in [0.1, 0.15) is 6.54 Å². The van der Waals surface area contributed by atoms with Crippen LogP contribution in [0.4, 0.5) is 0 Å². The van der Waals surface area contributed by atoms with Crippen molar-refractivity contribution in [2.45, 2.75) is 66.6 Å². The molecular formula is C16H32N6O. The molecule has 0 unspecified atom stereocenters. The second kappa shape index (κ2) is 10.2. The van der Waals surface area contributed by atoms with Crippen molar-refractivity contribution in [1.82, 2.24) is 25.7 Å². The predicted octanol–water partition coefficient (Wildman–Crippen LogP) is 1.94. The molecule has 7 nitrogen and oxygen atoms in total. The summed E-state index contributed by atoms with van der Waals surface area (Å²) in [4.78, 5) is 11.1. The van der Waals surface area contributed by atoms with Crippen molar-refractivity contribution < 1.29 is 4.52 Å². The fourth-order valence-corrected chi connectivity index (χ4v) is 2.48. The maximum absolute atomic E-state index is 4.95. The van der Waals surface area contributed by atoms with E-state index < -0.39 is 0 Å². The minimum atomic E-state index is 0.413. The third kappa shape index (κ3) is 7.45. The van der Waals surface area contributed by atoms with Crippen molar-refractivity contribution in [3.8, 4) is 0 Å². The fraction of sp³-hybridized carbons (Fsp3) is 0.812. The maximum Gasteiger partial charge on any atom is 0.223 e. The predicted molar refractivity (Wildman–Crippen MR) is 93.4 cm³/mol. The van der Waals surface area contributed by atoms with Gasteiger partial charge < -0.3 is 15.2 Å². The second-order valence-corrected chi connectivity index (χ2v) is 6.13. The third-order valence-corrected chi connectivity index (χ3v) is 3.50. The smallest absolute Gasteiger partial charge is 0.223 e. The Labute approximate surface area is 139 Å². The summed E-state index contributed by atoms with van der Waals surface area (Å²) in [5, 5.41) is 10.4. The second-order valence-electron chi connectivity index (χ2n) is 6.13. The number of hydrogen-bond acceptors (Lipinski definition) is 5. The standard InChI is InChI=1S/C16H32N6O/c1-7-17-16(19-11-15-20-14(6)23-21-15)18-9-8-10-22(12(2)3)13(4)5/h12-13H,7-11H2,1-6H3,(H2,17,18,19). The number of aromatic nitrogens is 2. The summed E-state index contributed by atoms with van der Waals surface area (Å²) < 4.78 is 4.95. The highest BCUT2D eigenvalue weighted by Crippen LogP contribution is 2.05. The summed E-state index contributed by atoms with van der Waals surface area (Å²) in [5.74, 6) is 1.96. The minimum absolute atomic E-state index is 0.413. The van der Waals surface area contributed by atoms with E-state index in [1.807, 2.05) is 0 Å². The van der Waals surface area contributed by atoms with Crippen LogP contribution >= 0.6 is 0 Å². The van der Waals surface area contributed by atoms with Gasteiger partial charge in [-0.25, -0.2) is 4.99 Å². The number of rotatable bonds is 9. The molecule has 2 N–H and O–H groups in total. The number of nitrogens with zero attached hydrogens (tertiary/aromatic N) is 4. The summed E-state index contributed by atoms with van der Waals surface area (Å²) in [7, 11) is 0. The van der Waals surface area contributed by atoms with Crippen LogP contribution in [0.2, 0.25) is 0 Å². The Bertz CT molecular complexity index is 461. The molecular weight excluding hydrogens is 292 g/mol. The molecule has 1 aromatic heterocycles. The van der Waals surface area contributed by atoms with Gasteiger partial charge in [-0.05, 0) is 41.0 Å². The molecule has 0 aliphatic heterocycles. The monoisotopic (exact) mass is 324 g/mol. The molecule has 0 amide bonds. The van der Waals surface area contributed by atoms with Crippen LogP contribution in [-0.2, 0) is 6.54 Å². The molecule has 23 heavy (non-hydrogen) atoms. The van der Waals surface area contributed by atoms with Gasteiger partial charge in [0.15, 0.2) is 11.8 Å². The van der Waals surface area contributed by atoms with Crippen LogP contribution in [0.25, 0.3) is 0 Å². The van der Waals surface area contributed by atoms with Crippen molar-refractivity contribution >= 4 is 5.96 Å². The highest BCUT2D eigenvalue weighted by molar-refractivity contribution is 5.79. The number of hydrogen-bond donors (Lipinski definition) is 2. The van der Waals surface area contributed by atoms with Crippen LogP contribution in [0, 0.1) is 6.92 Å². The first kappa shape index (κ1) is 19.4. The molecule has 1 heterocycles. The summed E-state index contributed by atoms with van der Waals surface area (Å²) in [6.45, 7) is 16.0. The van der Waals surface area contributed by atoms with E-state index in [0.29, 0.717) is 30.3 Å². The Morgan fingerprint density at radius 1 is 1.22 bits per heavy atom. The average molecular weight is 324 g/mol. The first-order chi connectivity index (χ1) is 10.9. The molecule has 0 aliphatic rings. The van der Waals surface area contributed by atoms with E-state index in [0.717, 1.165) is 32.0 Å². The van der Waals surface area contributed by atoms with E-state index in [-0.39, 0.29) is 0 Å². The van der Waals surface area contributed by atoms with E-state index in [4.69, 9.17) is 4.52 Å². The molecule has 0 saturated carbocycles. The van der Waals surface area contributed by atoms with E-state index in [1.165, 1.54) is 0 Å². The Morgan fingerprint density at radius 2 is 1.91 bits per heavy atom. The van der Waals surface area contributed by atoms with Crippen LogP contribution in [0.3, 0.4) is 0 Å². The Kier molecular flexibility index (Phi) is 8.61. The molecule has 0 atom stereocenters. The highest BCUT2D eigenvalue weighted by atomic mass is 16.5. The van der Waals surface area contributed by atoms with E-state index >= 15 is 0 Å². The zero-order valence-electron chi connectivity index (χ0n) is 15.4. The zero-order valence-corrected chi connectivity index (χ0v) is 15.4. The van der Waals surface area contributed by atoms with Gasteiger partial charge in [-0.3, -0.25) is 4.90 Å². The van der Waals surface area contributed by atoms with Gasteiger partial charge in [0.05, 0.1) is 0 Å². The van der Waals surface area contributed by atoms with Crippen molar-refractivity contribution in [2.75, 3.05) is 19.6 Å². The van der Waals surface area contributed by atoms with Crippen LogP contribution in [0.5, 0.6) is 0 Å². The first-order valence-corrected chi connectivity index (χ1v) is 8.51. The zero-order chi connectivity index (χ0) is 17.2. The van der Waals surface area contributed by atoms with Gasteiger partial charge in [-0.1, -0.05) is 5.16 Å². The summed E-state index contributed by atoms with van der Waals surface area (Å²) in [6, 6.07) is 1.14. The van der Waals surface area contributed by atoms with E-state index in [9.17, 15) is 0 Å². The number of aryl methyl sites for hydroxylation is 1. The highest BCUT2D eigenvalue weighted by Gasteiger charge is 2.12. The van der Waals surface area contributed by atoms with Gasteiger partial charge in [-0.15, -0.1) is 0 Å². The molecule has 0 saturated heterocycles. The molecule has 0 spiro atoms. The lowest BCUT2D eigenvalue weighted by molar-refractivity contribution is 0.173. The molecule has 0 aliphatic carbocycles. The normalized spacial score (nSPS) is 12.5. The van der Waals surface area contributed by atoms with Gasteiger partial charge in [0.25, 0.3) is 0 Å². The summed E-state index contributed by atoms with van der Waals surface area (Å²) >= 11 is 0. The van der Waals surface area contributed by atoms with Crippen LogP contribution in [-0.4, -0.2) is 52.7 Å². The Morgan fingerprint density at radius 3 is 2.43 bits per heavy atom. The van der Waals surface area contributed by atoms with Gasteiger partial charge in [-0.2, -0.15) is 4.98 Å². The van der Waals surface area contributed by atoms with Crippen LogP contribution in [0.15, 0.2) is 9.52 Å². The van der Waals surface area contributed by atoms with Crippen molar-refractivity contribution in [1.29, 1.82) is 0 Å². The molecule has 0 radical (unpaired) electrons. The molecule has 1 aromatic rings. The Balaban J connectivity index is 2.40. The quantitative estimate of drug-likeness (QED) is 0.411. The van der Waals surface area contributed by atoms with E-state index in [1.54, 1.807) is 6.92 Å². The minimum Gasteiger partial charge on any atom is -0.357 e. The fourth-order valence-electron chi connectivity index (χ4n) is 2.48. The number of guanidine groups is 1. The van der Waals surface area contributed by atoms with Gasteiger partial charge in [0.2, 0.25) is 5.89 Å². The third-order valence-electron chi connectivity index (χ3n) is 3.50. The largest absolute Gasteiger partial charge is 0.357 e. The molecule has 1 rings (SSSR count). The Hall–Kier alpha value is -1.63. The lowest BCUT2D eigenvalue weighted by Crippen LogP contribution is -2.41. The SMILES string of the molecule is CCNC(=NCc1noc(C)n1)NCCCN(C(C)C)C(C)C. The summed E-state index contributed by atoms with van der Waals surface area (Å²) in [5.41, 5.74) is 0. The van der Waals surface area contributed by atoms with Crippen molar-refractivity contribution in [3.63, 3.8) is 0 Å². The van der Waals surface area contributed by atoms with Gasteiger partial charge in [0, 0.05) is 38.6 Å². The van der Waals surface area contributed by atoms with Crippen molar-refractivity contribution in [2.24, 2.45) is 4.99 Å². The topological polar surface area (TPSA) is 78.6 Å². The molecule has 7 heteroatoms. The number of aliphatic imine (C=N–C) groups is 1. The summed E-state index contributed by atoms with van der Waals surface area (Å²) in [6.07, 6.45) is 1.07. The number of nitrogens with one attached hydrogen (secondary N) is 2. The molecule has 0 bridgehead atoms. The van der Waals surface area contributed by atoms with Gasteiger partial charge >= 0.3 is 0 Å². The first-order valence-electron chi connectivity index (χ1n) is 8.51. The van der Waals surface area contributed by atoms with Crippen LogP contribution < -0.4 is 10.6 Å². The van der Waals surface area contributed by atoms with Crippen molar-refractivity contribution in [3.05, 3.63) is 11.7 Å². The average Bonchev–Trinajstić information content (AvgIpc) is 2.89. The lowest BCUT2D eigenvalue weighted by atomic mass is 10.2.